The second-order valence-corrected chi connectivity index (χ2v) is 16.1. The Morgan fingerprint density at radius 2 is 0.462 bits per heavy atom. The van der Waals surface area contributed by atoms with Crippen molar-refractivity contribution in [1.29, 1.82) is 0 Å². The molecule has 0 fully saturated rings. The Labute approximate surface area is 331 Å². The molecule has 0 spiro atoms. The van der Waals surface area contributed by atoms with Crippen LogP contribution in [0.1, 0.15) is 290 Å². The third-order valence-electron chi connectivity index (χ3n) is 11.0. The molecule has 0 bridgehead atoms. The normalized spacial score (nSPS) is 10.9. The van der Waals surface area contributed by atoms with E-state index in [1.165, 1.54) is 248 Å². The standard InChI is InChI=1S/C41H76O.C8H18.C2H6/c1-4-7-10-12-14-16-18-20-22-24-26-28-31-34-39-37-41(42)40(36-38(39)33-30-9-6-3)35-32-29-27-25-23-21-19-17-15-13-11-8-5-2;1-3-5-7-8-6-4-2;1-2/h36-37,42H,4-35H2,1-3H3;3-8H2,1-2H3;1-2H3. The Morgan fingerprint density at radius 1 is 0.269 bits per heavy atom. The van der Waals surface area contributed by atoms with Crippen LogP contribution in [0.25, 0.3) is 0 Å². The van der Waals surface area contributed by atoms with E-state index in [1.807, 2.05) is 13.8 Å². The molecule has 0 amide bonds. The number of unbranched alkanes of at least 4 members (excludes halogenated alkanes) is 31. The first-order valence-corrected chi connectivity index (χ1v) is 24.5. The van der Waals surface area contributed by atoms with Gasteiger partial charge in [-0.25, -0.2) is 0 Å². The third kappa shape index (κ3) is 37.3. The van der Waals surface area contributed by atoms with Gasteiger partial charge in [0, 0.05) is 0 Å². The van der Waals surface area contributed by atoms with Gasteiger partial charge in [-0.1, -0.05) is 260 Å². The van der Waals surface area contributed by atoms with Crippen molar-refractivity contribution in [3.05, 3.63) is 28.8 Å². The summed E-state index contributed by atoms with van der Waals surface area (Å²) in [5.74, 6) is 0.567. The fourth-order valence-electron chi connectivity index (χ4n) is 7.48. The number of rotatable bonds is 37. The molecule has 0 unspecified atom stereocenters. The molecular formula is C51H100O. The van der Waals surface area contributed by atoms with Crippen molar-refractivity contribution in [2.45, 2.75) is 292 Å². The number of hydrogen-bond donors (Lipinski definition) is 1. The molecule has 1 nitrogen and oxygen atoms in total. The van der Waals surface area contributed by atoms with Crippen LogP contribution >= 0.6 is 0 Å². The van der Waals surface area contributed by atoms with Crippen LogP contribution < -0.4 is 0 Å². The van der Waals surface area contributed by atoms with Crippen molar-refractivity contribution in [3.63, 3.8) is 0 Å². The Kier molecular flexibility index (Phi) is 47.2. The molecule has 0 atom stereocenters. The summed E-state index contributed by atoms with van der Waals surface area (Å²) >= 11 is 0. The Hall–Kier alpha value is -0.980. The van der Waals surface area contributed by atoms with E-state index in [2.05, 4.69) is 46.8 Å². The summed E-state index contributed by atoms with van der Waals surface area (Å²) in [6.07, 6.45) is 52.1. The van der Waals surface area contributed by atoms with Gasteiger partial charge in [-0.2, -0.15) is 0 Å². The van der Waals surface area contributed by atoms with E-state index in [-0.39, 0.29) is 0 Å². The molecule has 1 heteroatoms. The largest absolute Gasteiger partial charge is 0.508 e. The Morgan fingerprint density at radius 3 is 0.750 bits per heavy atom. The molecule has 0 aliphatic carbocycles. The van der Waals surface area contributed by atoms with Crippen LogP contribution in [-0.4, -0.2) is 5.11 Å². The summed E-state index contributed by atoms with van der Waals surface area (Å²) in [6.45, 7) is 15.4. The number of phenolic OH excluding ortho intramolecular Hbond substituents is 1. The van der Waals surface area contributed by atoms with E-state index >= 15 is 0 Å². The zero-order chi connectivity index (χ0) is 38.6. The van der Waals surface area contributed by atoms with Crippen LogP contribution in [0.15, 0.2) is 12.1 Å². The van der Waals surface area contributed by atoms with E-state index in [9.17, 15) is 5.11 Å². The van der Waals surface area contributed by atoms with Crippen molar-refractivity contribution >= 4 is 0 Å². The first kappa shape index (κ1) is 53.1. The van der Waals surface area contributed by atoms with Gasteiger partial charge < -0.3 is 5.11 Å². The van der Waals surface area contributed by atoms with Crippen molar-refractivity contribution in [3.8, 4) is 5.75 Å². The zero-order valence-electron chi connectivity index (χ0n) is 37.5. The Balaban J connectivity index is 0. The molecule has 0 radical (unpaired) electrons. The molecule has 0 aliphatic rings. The molecule has 0 saturated heterocycles. The number of phenols is 1. The highest BCUT2D eigenvalue weighted by Crippen LogP contribution is 2.28. The molecule has 0 aromatic heterocycles. The minimum Gasteiger partial charge on any atom is -0.508 e. The van der Waals surface area contributed by atoms with Gasteiger partial charge in [0.2, 0.25) is 0 Å². The predicted molar refractivity (Wildman–Crippen MR) is 241 cm³/mol. The number of aryl methyl sites for hydroxylation is 3. The first-order valence-electron chi connectivity index (χ1n) is 24.5. The SMILES string of the molecule is CC.CCCCCCCC.CCCCCCCCCCCCCCCc1cc(CCCCC)c(CCCCCCCCCCCCCCC)cc1O. The van der Waals surface area contributed by atoms with Crippen LogP contribution in [0.4, 0.5) is 0 Å². The second kappa shape index (κ2) is 46.2. The van der Waals surface area contributed by atoms with E-state index in [0.29, 0.717) is 5.75 Å². The van der Waals surface area contributed by atoms with Gasteiger partial charge in [-0.15, -0.1) is 0 Å². The minimum absolute atomic E-state index is 0.567. The molecule has 0 heterocycles. The second-order valence-electron chi connectivity index (χ2n) is 16.1. The fraction of sp³-hybridized carbons (Fsp3) is 0.882. The third-order valence-corrected chi connectivity index (χ3v) is 11.0. The lowest BCUT2D eigenvalue weighted by Crippen LogP contribution is -1.99. The molecule has 1 rings (SSSR count). The molecule has 52 heavy (non-hydrogen) atoms. The highest BCUT2D eigenvalue weighted by Gasteiger charge is 2.10. The van der Waals surface area contributed by atoms with Crippen molar-refractivity contribution in [1.82, 2.24) is 0 Å². The van der Waals surface area contributed by atoms with Gasteiger partial charge in [0.25, 0.3) is 0 Å². The van der Waals surface area contributed by atoms with E-state index in [0.717, 1.165) is 12.8 Å². The van der Waals surface area contributed by atoms with Gasteiger partial charge in [0.15, 0.2) is 0 Å². The molecular weight excluding hydrogens is 629 g/mol. The molecule has 1 aromatic carbocycles. The van der Waals surface area contributed by atoms with E-state index < -0.39 is 0 Å². The number of hydrogen-bond acceptors (Lipinski definition) is 1. The van der Waals surface area contributed by atoms with E-state index in [1.54, 1.807) is 0 Å². The topological polar surface area (TPSA) is 20.2 Å². The highest BCUT2D eigenvalue weighted by molar-refractivity contribution is 5.42. The maximum Gasteiger partial charge on any atom is 0.119 e. The summed E-state index contributed by atoms with van der Waals surface area (Å²) in [5, 5.41) is 10.9. The van der Waals surface area contributed by atoms with Crippen LogP contribution in [0.5, 0.6) is 5.75 Å². The summed E-state index contributed by atoms with van der Waals surface area (Å²) in [6, 6.07) is 4.54. The summed E-state index contributed by atoms with van der Waals surface area (Å²) in [7, 11) is 0. The summed E-state index contributed by atoms with van der Waals surface area (Å²) < 4.78 is 0. The van der Waals surface area contributed by atoms with Gasteiger partial charge in [0.1, 0.15) is 5.75 Å². The van der Waals surface area contributed by atoms with Gasteiger partial charge in [0.05, 0.1) is 0 Å². The highest BCUT2D eigenvalue weighted by atomic mass is 16.3. The van der Waals surface area contributed by atoms with Crippen molar-refractivity contribution < 1.29 is 5.11 Å². The van der Waals surface area contributed by atoms with E-state index in [4.69, 9.17) is 0 Å². The van der Waals surface area contributed by atoms with Crippen molar-refractivity contribution in [2.75, 3.05) is 0 Å². The van der Waals surface area contributed by atoms with Crippen molar-refractivity contribution in [2.24, 2.45) is 0 Å². The molecule has 0 aliphatic heterocycles. The maximum absolute atomic E-state index is 10.9. The first-order chi connectivity index (χ1) is 25.6. The average Bonchev–Trinajstić information content (AvgIpc) is 3.16. The number of aromatic hydroxyl groups is 1. The lowest BCUT2D eigenvalue weighted by Gasteiger charge is -2.14. The molecule has 1 N–H and O–H groups in total. The quantitative estimate of drug-likeness (QED) is 0.0676. The predicted octanol–water partition coefficient (Wildman–Crippen LogP) is 18.8. The molecule has 1 aromatic rings. The molecule has 310 valence electrons. The monoisotopic (exact) mass is 729 g/mol. The lowest BCUT2D eigenvalue weighted by atomic mass is 9.92. The minimum atomic E-state index is 0.567. The molecule has 0 saturated carbocycles. The summed E-state index contributed by atoms with van der Waals surface area (Å²) in [5.41, 5.74) is 4.17. The van der Waals surface area contributed by atoms with Gasteiger partial charge in [-0.3, -0.25) is 0 Å². The Bertz CT molecular complexity index is 776. The van der Waals surface area contributed by atoms with Crippen LogP contribution in [0, 0.1) is 0 Å². The zero-order valence-corrected chi connectivity index (χ0v) is 37.5. The average molecular weight is 729 g/mol. The smallest absolute Gasteiger partial charge is 0.119 e. The van der Waals surface area contributed by atoms with Gasteiger partial charge >= 0.3 is 0 Å². The van der Waals surface area contributed by atoms with Crippen LogP contribution in [-0.2, 0) is 19.3 Å². The van der Waals surface area contributed by atoms with Crippen LogP contribution in [0.2, 0.25) is 0 Å². The maximum atomic E-state index is 10.9. The lowest BCUT2D eigenvalue weighted by molar-refractivity contribution is 0.464. The fourth-order valence-corrected chi connectivity index (χ4v) is 7.48. The summed E-state index contributed by atoms with van der Waals surface area (Å²) in [4.78, 5) is 0. The number of benzene rings is 1. The van der Waals surface area contributed by atoms with Gasteiger partial charge in [-0.05, 0) is 61.3 Å². The van der Waals surface area contributed by atoms with Crippen LogP contribution in [0.3, 0.4) is 0 Å².